The molecule has 4 aromatic rings. The average molecular weight is 678 g/mol. The maximum absolute atomic E-state index is 14.5. The Morgan fingerprint density at radius 1 is 0.830 bits per heavy atom. The SMILES string of the molecule is CCCCNC(=O)[C@H](Cc1ccccc1)N(Cc1ccc(Cl)cc1)C(=O)CN(c1ccccc1)S(=O)(=O)c1ccc(OC)c(OC)c1. The molecule has 4 rings (SSSR count). The Bertz CT molecular complexity index is 1720. The van der Waals surface area contributed by atoms with E-state index in [-0.39, 0.29) is 35.2 Å². The monoisotopic (exact) mass is 677 g/mol. The molecule has 0 radical (unpaired) electrons. The second-order valence-corrected chi connectivity index (χ2v) is 13.2. The highest BCUT2D eigenvalue weighted by atomic mass is 35.5. The van der Waals surface area contributed by atoms with Gasteiger partial charge in [-0.05, 0) is 53.9 Å². The van der Waals surface area contributed by atoms with Gasteiger partial charge in [0.15, 0.2) is 11.5 Å². The van der Waals surface area contributed by atoms with Gasteiger partial charge in [0, 0.05) is 30.6 Å². The summed E-state index contributed by atoms with van der Waals surface area (Å²) in [7, 11) is -1.43. The summed E-state index contributed by atoms with van der Waals surface area (Å²) >= 11 is 6.15. The summed E-state index contributed by atoms with van der Waals surface area (Å²) in [6, 6.07) is 28.1. The number of hydrogen-bond acceptors (Lipinski definition) is 6. The maximum atomic E-state index is 14.5. The number of nitrogens with zero attached hydrogens (tertiary/aromatic N) is 2. The number of para-hydroxylation sites is 1. The zero-order valence-electron chi connectivity index (χ0n) is 26.8. The first-order chi connectivity index (χ1) is 22.7. The van der Waals surface area contributed by atoms with Crippen LogP contribution in [0.1, 0.15) is 30.9 Å². The molecule has 11 heteroatoms. The van der Waals surface area contributed by atoms with Crippen LogP contribution in [0.4, 0.5) is 5.69 Å². The minimum Gasteiger partial charge on any atom is -0.493 e. The van der Waals surface area contributed by atoms with Gasteiger partial charge in [0.1, 0.15) is 12.6 Å². The van der Waals surface area contributed by atoms with Gasteiger partial charge in [0.2, 0.25) is 11.8 Å². The first kappa shape index (κ1) is 35.3. The molecule has 0 heterocycles. The molecule has 0 spiro atoms. The lowest BCUT2D eigenvalue weighted by molar-refractivity contribution is -0.140. The van der Waals surface area contributed by atoms with Crippen molar-refractivity contribution < 1.29 is 27.5 Å². The number of unbranched alkanes of at least 4 members (excludes halogenated alkanes) is 1. The Balaban J connectivity index is 1.79. The van der Waals surface area contributed by atoms with Crippen LogP contribution < -0.4 is 19.1 Å². The van der Waals surface area contributed by atoms with Gasteiger partial charge in [-0.25, -0.2) is 8.42 Å². The van der Waals surface area contributed by atoms with Gasteiger partial charge in [0.05, 0.1) is 24.8 Å². The van der Waals surface area contributed by atoms with Gasteiger partial charge >= 0.3 is 0 Å². The predicted octanol–water partition coefficient (Wildman–Crippen LogP) is 6.11. The summed E-state index contributed by atoms with van der Waals surface area (Å²) < 4.78 is 40.3. The number of amides is 2. The zero-order chi connectivity index (χ0) is 33.8. The second kappa shape index (κ2) is 16.9. The Kier molecular flexibility index (Phi) is 12.7. The van der Waals surface area contributed by atoms with Gasteiger partial charge in [0.25, 0.3) is 10.0 Å². The molecule has 1 N–H and O–H groups in total. The van der Waals surface area contributed by atoms with E-state index in [9.17, 15) is 18.0 Å². The van der Waals surface area contributed by atoms with Crippen molar-refractivity contribution in [1.82, 2.24) is 10.2 Å². The first-order valence-corrected chi connectivity index (χ1v) is 17.1. The summed E-state index contributed by atoms with van der Waals surface area (Å²) in [5.74, 6) is -0.289. The fourth-order valence-electron chi connectivity index (χ4n) is 5.07. The quantitative estimate of drug-likeness (QED) is 0.144. The van der Waals surface area contributed by atoms with E-state index in [2.05, 4.69) is 5.32 Å². The van der Waals surface area contributed by atoms with Gasteiger partial charge in [-0.15, -0.1) is 0 Å². The van der Waals surface area contributed by atoms with Crippen LogP contribution in [-0.4, -0.2) is 58.5 Å². The molecule has 47 heavy (non-hydrogen) atoms. The number of nitrogens with one attached hydrogen (secondary N) is 1. The maximum Gasteiger partial charge on any atom is 0.264 e. The standard InChI is InChI=1S/C36H40ClN3O6S/c1-4-5-22-38-36(42)32(23-27-12-8-6-9-13-27)39(25-28-16-18-29(37)19-17-28)35(41)26-40(30-14-10-7-11-15-30)47(43,44)31-20-21-33(45-2)34(24-31)46-3/h6-21,24,32H,4-5,22-23,25-26H2,1-3H3,(H,38,42)/t32-/m0/s1. The molecule has 0 fully saturated rings. The highest BCUT2D eigenvalue weighted by Gasteiger charge is 2.35. The minimum absolute atomic E-state index is 0.0493. The first-order valence-electron chi connectivity index (χ1n) is 15.3. The molecule has 2 amide bonds. The van der Waals surface area contributed by atoms with Crippen molar-refractivity contribution in [3.8, 4) is 11.5 Å². The molecule has 9 nitrogen and oxygen atoms in total. The van der Waals surface area contributed by atoms with Crippen molar-refractivity contribution in [2.75, 3.05) is 31.6 Å². The van der Waals surface area contributed by atoms with Crippen LogP contribution in [0, 0.1) is 0 Å². The summed E-state index contributed by atoms with van der Waals surface area (Å²) in [4.78, 5) is 29.7. The van der Waals surface area contributed by atoms with Crippen molar-refractivity contribution in [1.29, 1.82) is 0 Å². The highest BCUT2D eigenvalue weighted by Crippen LogP contribution is 2.32. The van der Waals surface area contributed by atoms with Crippen molar-refractivity contribution >= 4 is 39.1 Å². The number of rotatable bonds is 16. The molecule has 1 atom stereocenters. The van der Waals surface area contributed by atoms with Crippen LogP contribution in [0.3, 0.4) is 0 Å². The van der Waals surface area contributed by atoms with Crippen LogP contribution in [0.2, 0.25) is 5.02 Å². The highest BCUT2D eigenvalue weighted by molar-refractivity contribution is 7.92. The van der Waals surface area contributed by atoms with Crippen LogP contribution in [0.15, 0.2) is 108 Å². The lowest BCUT2D eigenvalue weighted by Gasteiger charge is -2.34. The van der Waals surface area contributed by atoms with Crippen LogP contribution in [0.25, 0.3) is 0 Å². The summed E-state index contributed by atoms with van der Waals surface area (Å²) in [6.45, 7) is 1.96. The fourth-order valence-corrected chi connectivity index (χ4v) is 6.63. The molecule has 4 aromatic carbocycles. The van der Waals surface area contributed by atoms with Crippen molar-refractivity contribution in [3.63, 3.8) is 0 Å². The molecule has 0 aromatic heterocycles. The molecule has 0 bridgehead atoms. The van der Waals surface area contributed by atoms with E-state index >= 15 is 0 Å². The molecule has 0 aliphatic carbocycles. The molecule has 248 valence electrons. The number of halogens is 1. The van der Waals surface area contributed by atoms with Crippen LogP contribution in [-0.2, 0) is 32.6 Å². The molecule has 0 aliphatic heterocycles. The summed E-state index contributed by atoms with van der Waals surface area (Å²) in [6.07, 6.45) is 1.89. The predicted molar refractivity (Wildman–Crippen MR) is 184 cm³/mol. The molecule has 0 aliphatic rings. The number of benzene rings is 4. The third-order valence-corrected chi connectivity index (χ3v) is 9.65. The van der Waals surface area contributed by atoms with Crippen LogP contribution >= 0.6 is 11.6 Å². The zero-order valence-corrected chi connectivity index (χ0v) is 28.3. The van der Waals surface area contributed by atoms with Crippen molar-refractivity contribution in [2.24, 2.45) is 0 Å². The second-order valence-electron chi connectivity index (χ2n) is 10.9. The number of anilines is 1. The Labute approximate surface area is 282 Å². The minimum atomic E-state index is -4.31. The number of ether oxygens (including phenoxy) is 2. The van der Waals surface area contributed by atoms with Crippen LogP contribution in [0.5, 0.6) is 11.5 Å². The van der Waals surface area contributed by atoms with E-state index in [1.807, 2.05) is 37.3 Å². The van der Waals surface area contributed by atoms with E-state index in [0.29, 0.717) is 17.3 Å². The Morgan fingerprint density at radius 3 is 2.09 bits per heavy atom. The smallest absolute Gasteiger partial charge is 0.264 e. The van der Waals surface area contributed by atoms with E-state index in [4.69, 9.17) is 21.1 Å². The average Bonchev–Trinajstić information content (AvgIpc) is 3.09. The molecular formula is C36H40ClN3O6S. The van der Waals surface area contributed by atoms with E-state index < -0.39 is 28.5 Å². The van der Waals surface area contributed by atoms with Gasteiger partial charge in [-0.3, -0.25) is 13.9 Å². The lowest BCUT2D eigenvalue weighted by atomic mass is 10.0. The number of carbonyl (C=O) groups excluding carboxylic acids is 2. The van der Waals surface area contributed by atoms with Gasteiger partial charge in [-0.2, -0.15) is 0 Å². The van der Waals surface area contributed by atoms with E-state index in [0.717, 1.165) is 28.3 Å². The molecular weight excluding hydrogens is 638 g/mol. The number of sulfonamides is 1. The number of carbonyl (C=O) groups is 2. The van der Waals surface area contributed by atoms with Crippen molar-refractivity contribution in [3.05, 3.63) is 119 Å². The summed E-state index contributed by atoms with van der Waals surface area (Å²) in [5.41, 5.74) is 1.88. The summed E-state index contributed by atoms with van der Waals surface area (Å²) in [5, 5.41) is 3.52. The third kappa shape index (κ3) is 9.27. The molecule has 0 unspecified atom stereocenters. The number of hydrogen-bond donors (Lipinski definition) is 1. The largest absolute Gasteiger partial charge is 0.493 e. The molecule has 0 saturated heterocycles. The van der Waals surface area contributed by atoms with Gasteiger partial charge in [-0.1, -0.05) is 85.6 Å². The topological polar surface area (TPSA) is 105 Å². The number of methoxy groups -OCH3 is 2. The van der Waals surface area contributed by atoms with E-state index in [1.165, 1.54) is 37.3 Å². The normalized spacial score (nSPS) is 11.7. The lowest BCUT2D eigenvalue weighted by Crippen LogP contribution is -2.53. The van der Waals surface area contributed by atoms with Crippen molar-refractivity contribution in [2.45, 2.75) is 43.7 Å². The Hall–Kier alpha value is -4.54. The Morgan fingerprint density at radius 2 is 1.47 bits per heavy atom. The van der Waals surface area contributed by atoms with Gasteiger partial charge < -0.3 is 19.7 Å². The fraction of sp³-hybridized carbons (Fsp3) is 0.278. The third-order valence-electron chi connectivity index (χ3n) is 7.63. The van der Waals surface area contributed by atoms with E-state index in [1.54, 1.807) is 54.6 Å². The molecule has 0 saturated carbocycles.